The summed E-state index contributed by atoms with van der Waals surface area (Å²) >= 11 is 4.33. The minimum absolute atomic E-state index is 0.841. The molecule has 1 aromatic carbocycles. The van der Waals surface area contributed by atoms with E-state index in [-0.39, 0.29) is 0 Å². The molecule has 0 unspecified atom stereocenters. The number of methoxy groups -OCH3 is 1. The lowest BCUT2D eigenvalue weighted by Crippen LogP contribution is -1.87. The third-order valence-corrected chi connectivity index (χ3v) is 2.07. The lowest BCUT2D eigenvalue weighted by Gasteiger charge is -2.04. The first-order chi connectivity index (χ1) is 5.77. The van der Waals surface area contributed by atoms with Crippen LogP contribution < -0.4 is 4.74 Å². The van der Waals surface area contributed by atoms with Crippen molar-refractivity contribution in [3.63, 3.8) is 0 Å². The van der Waals surface area contributed by atoms with Crippen molar-refractivity contribution in [2.24, 2.45) is 0 Å². The summed E-state index contributed by atoms with van der Waals surface area (Å²) in [5.74, 6) is 0.841. The maximum Gasteiger partial charge on any atom is 0.119 e. The van der Waals surface area contributed by atoms with E-state index in [0.29, 0.717) is 0 Å². The van der Waals surface area contributed by atoms with Gasteiger partial charge in [0.1, 0.15) is 5.75 Å². The van der Waals surface area contributed by atoms with Crippen LogP contribution in [0.15, 0.2) is 35.7 Å². The van der Waals surface area contributed by atoms with Gasteiger partial charge in [0.25, 0.3) is 0 Å². The molecule has 0 N–H and O–H groups in total. The Bertz CT molecular complexity index is 281. The first-order valence-corrected chi connectivity index (χ1v) is 4.19. The van der Waals surface area contributed by atoms with Crippen LogP contribution in [0.4, 0.5) is 0 Å². The van der Waals surface area contributed by atoms with Crippen molar-refractivity contribution in [3.8, 4) is 5.75 Å². The second-order valence-corrected chi connectivity index (χ2v) is 2.97. The Hall–Kier alpha value is -0.890. The van der Waals surface area contributed by atoms with Crippen molar-refractivity contribution in [2.75, 3.05) is 7.11 Å². The third-order valence-electron chi connectivity index (χ3n) is 1.66. The highest BCUT2D eigenvalue weighted by molar-refractivity contribution is 7.80. The van der Waals surface area contributed by atoms with E-state index < -0.39 is 0 Å². The number of rotatable bonds is 3. The first kappa shape index (κ1) is 9.20. The van der Waals surface area contributed by atoms with E-state index in [1.165, 1.54) is 5.56 Å². The largest absolute Gasteiger partial charge is 0.497 e. The van der Waals surface area contributed by atoms with E-state index in [4.69, 9.17) is 4.74 Å². The quantitative estimate of drug-likeness (QED) is 0.556. The summed E-state index contributed by atoms with van der Waals surface area (Å²) in [5, 5.41) is 0. The Labute approximate surface area is 78.5 Å². The zero-order valence-electron chi connectivity index (χ0n) is 7.08. The van der Waals surface area contributed by atoms with Gasteiger partial charge >= 0.3 is 0 Å². The Morgan fingerprint density at radius 2 is 2.33 bits per heavy atom. The van der Waals surface area contributed by atoms with E-state index in [1.54, 1.807) is 7.11 Å². The van der Waals surface area contributed by atoms with Crippen LogP contribution in [0.3, 0.4) is 0 Å². The van der Waals surface area contributed by atoms with Crippen LogP contribution in [0.2, 0.25) is 0 Å². The molecule has 0 bridgehead atoms. The zero-order chi connectivity index (χ0) is 8.97. The summed E-state index contributed by atoms with van der Waals surface area (Å²) in [7, 11) is 1.65. The van der Waals surface area contributed by atoms with Crippen LogP contribution in [0.25, 0.3) is 0 Å². The van der Waals surface area contributed by atoms with E-state index in [9.17, 15) is 0 Å². The van der Waals surface area contributed by atoms with Gasteiger partial charge in [-0.15, -0.1) is 19.2 Å². The summed E-state index contributed by atoms with van der Waals surface area (Å²) < 4.78 is 5.05. The molecule has 0 saturated heterocycles. The molecule has 2 heteroatoms. The van der Waals surface area contributed by atoms with Crippen LogP contribution in [-0.4, -0.2) is 7.11 Å². The minimum atomic E-state index is 0.841. The normalized spacial score (nSPS) is 9.50. The highest BCUT2D eigenvalue weighted by Crippen LogP contribution is 2.21. The van der Waals surface area contributed by atoms with Gasteiger partial charge in [-0.1, -0.05) is 12.1 Å². The molecule has 0 atom stereocenters. The molecule has 0 aliphatic rings. The average Bonchev–Trinajstić information content (AvgIpc) is 2.09. The van der Waals surface area contributed by atoms with Crippen LogP contribution in [-0.2, 0) is 6.42 Å². The molecule has 0 radical (unpaired) electrons. The number of benzene rings is 1. The van der Waals surface area contributed by atoms with Crippen molar-refractivity contribution in [1.29, 1.82) is 0 Å². The summed E-state index contributed by atoms with van der Waals surface area (Å²) in [6.45, 7) is 3.67. The van der Waals surface area contributed by atoms with Gasteiger partial charge in [0.2, 0.25) is 0 Å². The smallest absolute Gasteiger partial charge is 0.119 e. The monoisotopic (exact) mass is 180 g/mol. The molecule has 0 aliphatic heterocycles. The Morgan fingerprint density at radius 3 is 2.83 bits per heavy atom. The van der Waals surface area contributed by atoms with E-state index in [1.807, 2.05) is 24.3 Å². The van der Waals surface area contributed by atoms with Crippen molar-refractivity contribution < 1.29 is 4.74 Å². The molecule has 0 amide bonds. The second kappa shape index (κ2) is 4.21. The molecular formula is C10H12OS. The molecule has 0 spiro atoms. The molecule has 64 valence electrons. The van der Waals surface area contributed by atoms with E-state index in [2.05, 4.69) is 19.2 Å². The van der Waals surface area contributed by atoms with Crippen molar-refractivity contribution in [1.82, 2.24) is 0 Å². The van der Waals surface area contributed by atoms with Gasteiger partial charge in [-0.25, -0.2) is 0 Å². The Balaban J connectivity index is 2.94. The molecular weight excluding hydrogens is 168 g/mol. The molecule has 1 aromatic rings. The van der Waals surface area contributed by atoms with Crippen molar-refractivity contribution in [3.05, 3.63) is 36.4 Å². The molecule has 12 heavy (non-hydrogen) atoms. The number of allylic oxidation sites excluding steroid dienone is 1. The zero-order valence-corrected chi connectivity index (χ0v) is 7.97. The highest BCUT2D eigenvalue weighted by Gasteiger charge is 1.98. The van der Waals surface area contributed by atoms with Crippen molar-refractivity contribution in [2.45, 2.75) is 11.3 Å². The molecule has 1 nitrogen and oxygen atoms in total. The fourth-order valence-corrected chi connectivity index (χ4v) is 1.29. The fourth-order valence-electron chi connectivity index (χ4n) is 0.999. The van der Waals surface area contributed by atoms with Gasteiger partial charge in [0.05, 0.1) is 7.11 Å². The Kier molecular flexibility index (Phi) is 3.23. The third kappa shape index (κ3) is 2.05. The molecule has 0 aliphatic carbocycles. The summed E-state index contributed by atoms with van der Waals surface area (Å²) in [4.78, 5) is 0.953. The van der Waals surface area contributed by atoms with E-state index >= 15 is 0 Å². The predicted octanol–water partition coefficient (Wildman–Crippen LogP) is 2.71. The molecule has 0 aromatic heterocycles. The van der Waals surface area contributed by atoms with Crippen LogP contribution in [0.5, 0.6) is 5.75 Å². The van der Waals surface area contributed by atoms with Crippen LogP contribution >= 0.6 is 12.6 Å². The predicted molar refractivity (Wildman–Crippen MR) is 54.1 cm³/mol. The summed E-state index contributed by atoms with van der Waals surface area (Å²) in [6, 6.07) is 5.84. The average molecular weight is 180 g/mol. The molecule has 0 heterocycles. The lowest BCUT2D eigenvalue weighted by molar-refractivity contribution is 0.413. The highest BCUT2D eigenvalue weighted by atomic mass is 32.1. The van der Waals surface area contributed by atoms with E-state index in [0.717, 1.165) is 17.1 Å². The van der Waals surface area contributed by atoms with Gasteiger partial charge < -0.3 is 4.74 Å². The van der Waals surface area contributed by atoms with Gasteiger partial charge in [-0.05, 0) is 24.1 Å². The fraction of sp³-hybridized carbons (Fsp3) is 0.200. The number of hydrogen-bond acceptors (Lipinski definition) is 2. The number of thiol groups is 1. The summed E-state index contributed by atoms with van der Waals surface area (Å²) in [5.41, 5.74) is 1.18. The maximum atomic E-state index is 5.05. The second-order valence-electron chi connectivity index (χ2n) is 2.49. The van der Waals surface area contributed by atoms with Gasteiger partial charge in [-0.2, -0.15) is 0 Å². The SMILES string of the molecule is C=CCc1ccc(OC)cc1S. The molecule has 1 rings (SSSR count). The van der Waals surface area contributed by atoms with Gasteiger partial charge in [0.15, 0.2) is 0 Å². The summed E-state index contributed by atoms with van der Waals surface area (Å²) in [6.07, 6.45) is 2.71. The standard InChI is InChI=1S/C10H12OS/c1-3-4-8-5-6-9(11-2)7-10(8)12/h3,5-7,12H,1,4H2,2H3. The maximum absolute atomic E-state index is 5.05. The lowest BCUT2D eigenvalue weighted by atomic mass is 10.1. The minimum Gasteiger partial charge on any atom is -0.497 e. The number of ether oxygens (including phenoxy) is 1. The van der Waals surface area contributed by atoms with Crippen LogP contribution in [0, 0.1) is 0 Å². The first-order valence-electron chi connectivity index (χ1n) is 3.74. The van der Waals surface area contributed by atoms with Crippen molar-refractivity contribution >= 4 is 12.6 Å². The van der Waals surface area contributed by atoms with Gasteiger partial charge in [0, 0.05) is 4.90 Å². The van der Waals surface area contributed by atoms with Crippen LogP contribution in [0.1, 0.15) is 5.56 Å². The van der Waals surface area contributed by atoms with Gasteiger partial charge in [-0.3, -0.25) is 0 Å². The topological polar surface area (TPSA) is 9.23 Å². The number of hydrogen-bond donors (Lipinski definition) is 1. The Morgan fingerprint density at radius 1 is 1.58 bits per heavy atom. The molecule has 0 fully saturated rings. The molecule has 0 saturated carbocycles.